The lowest BCUT2D eigenvalue weighted by atomic mass is 10.1. The maximum Gasteiger partial charge on any atom is 0.239 e. The fourth-order valence-corrected chi connectivity index (χ4v) is 1.37. The molecule has 0 rings (SSSR count). The molecule has 1 atom stereocenters. The average molecular weight is 246 g/mol. The van der Waals surface area contributed by atoms with Gasteiger partial charge in [-0.1, -0.05) is 13.8 Å². The number of hydrogen-bond acceptors (Lipinski definition) is 3. The zero-order valence-electron chi connectivity index (χ0n) is 10.7. The third-order valence-corrected chi connectivity index (χ3v) is 2.91. The smallest absolute Gasteiger partial charge is 0.239 e. The van der Waals surface area contributed by atoms with Gasteiger partial charge in [0, 0.05) is 13.1 Å². The molecule has 4 nitrogen and oxygen atoms in total. The molecule has 0 fully saturated rings. The number of thiol groups is 1. The molecule has 0 aromatic carbocycles. The van der Waals surface area contributed by atoms with E-state index >= 15 is 0 Å². The van der Waals surface area contributed by atoms with Gasteiger partial charge in [-0.05, 0) is 19.8 Å². The Morgan fingerprint density at radius 1 is 1.25 bits per heavy atom. The highest BCUT2D eigenvalue weighted by Gasteiger charge is 2.22. The van der Waals surface area contributed by atoms with Crippen molar-refractivity contribution >= 4 is 24.4 Å². The second-order valence-corrected chi connectivity index (χ2v) is 5.16. The van der Waals surface area contributed by atoms with Crippen molar-refractivity contribution in [2.24, 2.45) is 5.92 Å². The average Bonchev–Trinajstić information content (AvgIpc) is 2.13. The number of rotatable bonds is 5. The number of hydrogen-bond donors (Lipinski definition) is 2. The largest absolute Gasteiger partial charge is 0.352 e. The first kappa shape index (κ1) is 15.3. The summed E-state index contributed by atoms with van der Waals surface area (Å²) < 4.78 is 0. The van der Waals surface area contributed by atoms with Crippen LogP contribution in [0.2, 0.25) is 0 Å². The zero-order valence-corrected chi connectivity index (χ0v) is 11.5. The van der Waals surface area contributed by atoms with Crippen molar-refractivity contribution < 1.29 is 9.59 Å². The van der Waals surface area contributed by atoms with Gasteiger partial charge in [0.15, 0.2) is 0 Å². The van der Waals surface area contributed by atoms with Gasteiger partial charge in [-0.25, -0.2) is 0 Å². The first-order valence-corrected chi connectivity index (χ1v) is 5.99. The van der Waals surface area contributed by atoms with Crippen molar-refractivity contribution in [1.82, 2.24) is 10.2 Å². The number of carbonyl (C=O) groups excluding carboxylic acids is 2. The summed E-state index contributed by atoms with van der Waals surface area (Å²) in [5, 5.41) is 2.39. The SMILES string of the molecule is CC(C)NC(=O)CN(C)C(=O)C(S)C(C)C. The van der Waals surface area contributed by atoms with Crippen molar-refractivity contribution in [3.63, 3.8) is 0 Å². The first-order chi connectivity index (χ1) is 7.25. The van der Waals surface area contributed by atoms with Gasteiger partial charge in [-0.2, -0.15) is 12.6 Å². The van der Waals surface area contributed by atoms with E-state index in [2.05, 4.69) is 17.9 Å². The summed E-state index contributed by atoms with van der Waals surface area (Å²) in [7, 11) is 1.62. The fraction of sp³-hybridized carbons (Fsp3) is 0.818. The third-order valence-electron chi connectivity index (χ3n) is 2.09. The molecule has 0 bridgehead atoms. The Labute approximate surface area is 103 Å². The van der Waals surface area contributed by atoms with Crippen LogP contribution in [0, 0.1) is 5.92 Å². The van der Waals surface area contributed by atoms with E-state index < -0.39 is 0 Å². The topological polar surface area (TPSA) is 49.4 Å². The maximum absolute atomic E-state index is 11.8. The molecule has 1 unspecified atom stereocenters. The number of likely N-dealkylation sites (N-methyl/N-ethyl adjacent to an activating group) is 1. The molecular weight excluding hydrogens is 224 g/mol. The van der Waals surface area contributed by atoms with Crippen LogP contribution < -0.4 is 5.32 Å². The van der Waals surface area contributed by atoms with E-state index in [1.54, 1.807) is 7.05 Å². The summed E-state index contributed by atoms with van der Waals surface area (Å²) in [6.45, 7) is 7.71. The van der Waals surface area contributed by atoms with E-state index in [0.717, 1.165) is 0 Å². The van der Waals surface area contributed by atoms with Crippen LogP contribution in [0.15, 0.2) is 0 Å². The first-order valence-electron chi connectivity index (χ1n) is 5.48. The molecule has 0 spiro atoms. The van der Waals surface area contributed by atoms with E-state index in [1.807, 2.05) is 27.7 Å². The molecule has 2 amide bonds. The molecule has 16 heavy (non-hydrogen) atoms. The normalized spacial score (nSPS) is 12.8. The van der Waals surface area contributed by atoms with Crippen LogP contribution in [0.4, 0.5) is 0 Å². The van der Waals surface area contributed by atoms with Gasteiger partial charge < -0.3 is 10.2 Å². The summed E-state index contributed by atoms with van der Waals surface area (Å²) in [5.41, 5.74) is 0. The van der Waals surface area contributed by atoms with Crippen LogP contribution in [-0.2, 0) is 9.59 Å². The Kier molecular flexibility index (Phi) is 6.48. The highest BCUT2D eigenvalue weighted by Crippen LogP contribution is 2.11. The Hall–Kier alpha value is -0.710. The van der Waals surface area contributed by atoms with Crippen molar-refractivity contribution in [2.75, 3.05) is 13.6 Å². The van der Waals surface area contributed by atoms with E-state index in [1.165, 1.54) is 4.90 Å². The third kappa shape index (κ3) is 5.39. The lowest BCUT2D eigenvalue weighted by Crippen LogP contribution is -2.44. The molecule has 0 saturated carbocycles. The van der Waals surface area contributed by atoms with Gasteiger partial charge in [0.25, 0.3) is 0 Å². The maximum atomic E-state index is 11.8. The molecule has 0 aromatic rings. The predicted molar refractivity (Wildman–Crippen MR) is 68.5 cm³/mol. The number of amides is 2. The van der Waals surface area contributed by atoms with Crippen LogP contribution in [0.3, 0.4) is 0 Å². The monoisotopic (exact) mass is 246 g/mol. The van der Waals surface area contributed by atoms with Gasteiger partial charge in [0.1, 0.15) is 0 Å². The van der Waals surface area contributed by atoms with Crippen molar-refractivity contribution in [3.05, 3.63) is 0 Å². The van der Waals surface area contributed by atoms with Crippen LogP contribution in [0.5, 0.6) is 0 Å². The molecule has 0 saturated heterocycles. The second kappa shape index (κ2) is 6.78. The molecule has 94 valence electrons. The molecule has 0 aliphatic heterocycles. The molecule has 0 heterocycles. The number of carbonyl (C=O) groups is 2. The van der Waals surface area contributed by atoms with Crippen LogP contribution in [-0.4, -0.2) is 41.6 Å². The number of nitrogens with zero attached hydrogens (tertiary/aromatic N) is 1. The Morgan fingerprint density at radius 3 is 2.12 bits per heavy atom. The number of nitrogens with one attached hydrogen (secondary N) is 1. The van der Waals surface area contributed by atoms with E-state index in [-0.39, 0.29) is 35.6 Å². The van der Waals surface area contributed by atoms with Gasteiger partial charge in [-0.15, -0.1) is 0 Å². The van der Waals surface area contributed by atoms with Crippen LogP contribution in [0.25, 0.3) is 0 Å². The van der Waals surface area contributed by atoms with Crippen molar-refractivity contribution in [3.8, 4) is 0 Å². The molecule has 0 aliphatic rings. The van der Waals surface area contributed by atoms with Crippen molar-refractivity contribution in [1.29, 1.82) is 0 Å². The van der Waals surface area contributed by atoms with Crippen LogP contribution in [0.1, 0.15) is 27.7 Å². The summed E-state index contributed by atoms with van der Waals surface area (Å²) in [5.74, 6) is -0.0983. The molecule has 5 heteroatoms. The Bertz CT molecular complexity index is 254. The molecule has 1 N–H and O–H groups in total. The Balaban J connectivity index is 4.20. The minimum absolute atomic E-state index is 0.0841. The fourth-order valence-electron chi connectivity index (χ4n) is 1.17. The van der Waals surface area contributed by atoms with E-state index in [9.17, 15) is 9.59 Å². The van der Waals surface area contributed by atoms with Gasteiger partial charge >= 0.3 is 0 Å². The summed E-state index contributed by atoms with van der Waals surface area (Å²) in [4.78, 5) is 24.6. The van der Waals surface area contributed by atoms with Crippen molar-refractivity contribution in [2.45, 2.75) is 39.0 Å². The quantitative estimate of drug-likeness (QED) is 0.709. The second-order valence-electron chi connectivity index (χ2n) is 4.61. The molecule has 0 aliphatic carbocycles. The lowest BCUT2D eigenvalue weighted by Gasteiger charge is -2.22. The standard InChI is InChI=1S/C11H22N2O2S/c1-7(2)10(16)11(15)13(5)6-9(14)12-8(3)4/h7-8,10,16H,6H2,1-5H3,(H,12,14). The van der Waals surface area contributed by atoms with E-state index in [4.69, 9.17) is 0 Å². The van der Waals surface area contributed by atoms with Gasteiger partial charge in [0.05, 0.1) is 11.8 Å². The lowest BCUT2D eigenvalue weighted by molar-refractivity contribution is -0.134. The minimum atomic E-state index is -0.350. The summed E-state index contributed by atoms with van der Waals surface area (Å²) in [6.07, 6.45) is 0. The zero-order chi connectivity index (χ0) is 12.9. The highest BCUT2D eigenvalue weighted by molar-refractivity contribution is 7.81. The minimum Gasteiger partial charge on any atom is -0.352 e. The summed E-state index contributed by atoms with van der Waals surface area (Å²) in [6, 6.07) is 0.0906. The van der Waals surface area contributed by atoms with Crippen LogP contribution >= 0.6 is 12.6 Å². The van der Waals surface area contributed by atoms with E-state index in [0.29, 0.717) is 0 Å². The van der Waals surface area contributed by atoms with Gasteiger partial charge in [0.2, 0.25) is 11.8 Å². The predicted octanol–water partition coefficient (Wildman–Crippen LogP) is 0.924. The van der Waals surface area contributed by atoms with Gasteiger partial charge in [-0.3, -0.25) is 9.59 Å². The molecule has 0 radical (unpaired) electrons. The molecular formula is C11H22N2O2S. The highest BCUT2D eigenvalue weighted by atomic mass is 32.1. The summed E-state index contributed by atoms with van der Waals surface area (Å²) >= 11 is 4.23. The molecule has 0 aromatic heterocycles. The Morgan fingerprint density at radius 2 is 1.75 bits per heavy atom.